The second-order valence-electron chi connectivity index (χ2n) is 5.55. The first-order valence-electron chi connectivity index (χ1n) is 7.98. The highest BCUT2D eigenvalue weighted by atomic mass is 35.5. The molecule has 0 aliphatic carbocycles. The second kappa shape index (κ2) is 8.05. The van der Waals surface area contributed by atoms with Crippen LogP contribution in [0.25, 0.3) is 0 Å². The van der Waals surface area contributed by atoms with Crippen LogP contribution in [-0.4, -0.2) is 33.1 Å². The molecule has 3 rings (SSSR count). The van der Waals surface area contributed by atoms with Gasteiger partial charge in [0.2, 0.25) is 6.79 Å². The maximum Gasteiger partial charge on any atom is 0.319 e. The van der Waals surface area contributed by atoms with Crippen LogP contribution in [0.5, 0.6) is 23.0 Å². The number of halogens is 1. The lowest BCUT2D eigenvalue weighted by Gasteiger charge is -2.13. The molecule has 0 radical (unpaired) electrons. The Labute approximate surface area is 156 Å². The molecule has 2 amide bonds. The van der Waals surface area contributed by atoms with Gasteiger partial charge in [0.15, 0.2) is 11.5 Å². The van der Waals surface area contributed by atoms with Crippen molar-refractivity contribution < 1.29 is 23.7 Å². The first-order chi connectivity index (χ1) is 12.6. The van der Waals surface area contributed by atoms with Gasteiger partial charge in [0.1, 0.15) is 18.1 Å². The molecule has 0 unspecified atom stereocenters. The van der Waals surface area contributed by atoms with Gasteiger partial charge in [-0.05, 0) is 30.7 Å². The third-order valence-electron chi connectivity index (χ3n) is 3.73. The lowest BCUT2D eigenvalue weighted by molar-refractivity contribution is 0.173. The summed E-state index contributed by atoms with van der Waals surface area (Å²) in [7, 11) is 1.52. The van der Waals surface area contributed by atoms with Crippen molar-refractivity contribution in [2.45, 2.75) is 6.92 Å². The minimum absolute atomic E-state index is 0.216. The summed E-state index contributed by atoms with van der Waals surface area (Å²) in [6, 6.07) is 8.38. The zero-order valence-electron chi connectivity index (χ0n) is 14.4. The number of amides is 2. The first-order valence-corrected chi connectivity index (χ1v) is 8.36. The van der Waals surface area contributed by atoms with E-state index in [2.05, 4.69) is 10.6 Å². The molecule has 0 atom stereocenters. The number of methoxy groups -OCH3 is 1. The van der Waals surface area contributed by atoms with Gasteiger partial charge in [0.05, 0.1) is 19.3 Å². The molecule has 0 saturated heterocycles. The number of benzene rings is 2. The molecule has 0 spiro atoms. The van der Waals surface area contributed by atoms with E-state index in [1.54, 1.807) is 30.3 Å². The average molecular weight is 379 g/mol. The smallest absolute Gasteiger partial charge is 0.319 e. The van der Waals surface area contributed by atoms with Crippen LogP contribution in [0.15, 0.2) is 30.3 Å². The number of nitrogens with one attached hydrogen (secondary N) is 2. The Morgan fingerprint density at radius 3 is 2.85 bits per heavy atom. The number of aryl methyl sites for hydroxylation is 1. The fraction of sp³-hybridized carbons (Fsp3) is 0.278. The van der Waals surface area contributed by atoms with Gasteiger partial charge in [0.25, 0.3) is 0 Å². The lowest BCUT2D eigenvalue weighted by Crippen LogP contribution is -2.32. The monoisotopic (exact) mass is 378 g/mol. The molecule has 1 aliphatic heterocycles. The lowest BCUT2D eigenvalue weighted by atomic mass is 10.2. The van der Waals surface area contributed by atoms with E-state index in [0.717, 1.165) is 5.56 Å². The van der Waals surface area contributed by atoms with Gasteiger partial charge in [-0.2, -0.15) is 0 Å². The van der Waals surface area contributed by atoms with Crippen LogP contribution < -0.4 is 29.6 Å². The second-order valence-corrected chi connectivity index (χ2v) is 5.95. The highest BCUT2D eigenvalue weighted by molar-refractivity contribution is 6.31. The molecule has 0 aromatic heterocycles. The van der Waals surface area contributed by atoms with Gasteiger partial charge in [-0.1, -0.05) is 11.6 Å². The summed E-state index contributed by atoms with van der Waals surface area (Å²) in [4.78, 5) is 12.0. The number of urea groups is 1. The molecule has 26 heavy (non-hydrogen) atoms. The number of ether oxygens (including phenoxy) is 4. The third kappa shape index (κ3) is 4.23. The van der Waals surface area contributed by atoms with Crippen molar-refractivity contribution in [3.05, 3.63) is 40.9 Å². The van der Waals surface area contributed by atoms with Crippen LogP contribution in [0.4, 0.5) is 10.5 Å². The maximum absolute atomic E-state index is 12.0. The summed E-state index contributed by atoms with van der Waals surface area (Å²) in [5, 5.41) is 6.03. The molecule has 2 aromatic carbocycles. The van der Waals surface area contributed by atoms with Crippen LogP contribution >= 0.6 is 11.6 Å². The quantitative estimate of drug-likeness (QED) is 0.751. The predicted octanol–water partition coefficient (Wildman–Crippen LogP) is 3.59. The van der Waals surface area contributed by atoms with E-state index in [4.69, 9.17) is 30.5 Å². The molecule has 2 aromatic rings. The number of anilines is 1. The molecular formula is C18H19ClN2O5. The number of hydrogen-bond acceptors (Lipinski definition) is 5. The van der Waals surface area contributed by atoms with E-state index in [9.17, 15) is 4.79 Å². The van der Waals surface area contributed by atoms with E-state index in [-0.39, 0.29) is 12.8 Å². The minimum atomic E-state index is -0.362. The number of fused-ring (bicyclic) bond motifs is 1. The molecule has 8 heteroatoms. The van der Waals surface area contributed by atoms with E-state index >= 15 is 0 Å². The fourth-order valence-corrected chi connectivity index (χ4v) is 2.55. The highest BCUT2D eigenvalue weighted by Crippen LogP contribution is 2.35. The zero-order valence-corrected chi connectivity index (χ0v) is 15.2. The minimum Gasteiger partial charge on any atom is -0.495 e. The van der Waals surface area contributed by atoms with E-state index in [1.807, 2.05) is 6.92 Å². The number of rotatable bonds is 6. The van der Waals surface area contributed by atoms with Gasteiger partial charge in [-0.25, -0.2) is 4.79 Å². The van der Waals surface area contributed by atoms with Crippen molar-refractivity contribution in [1.29, 1.82) is 0 Å². The fourth-order valence-electron chi connectivity index (χ4n) is 2.40. The Morgan fingerprint density at radius 1 is 1.23 bits per heavy atom. The van der Waals surface area contributed by atoms with Gasteiger partial charge in [-0.15, -0.1) is 0 Å². The molecule has 2 N–H and O–H groups in total. The standard InChI is InChI=1S/C18H19ClN2O5/c1-11-7-14(16(23-2)9-13(11)19)21-18(22)20-5-6-24-12-3-4-15-17(8-12)26-10-25-15/h3-4,7-9H,5-6,10H2,1-2H3,(H2,20,21,22). The summed E-state index contributed by atoms with van der Waals surface area (Å²) in [6.07, 6.45) is 0. The van der Waals surface area contributed by atoms with Crippen molar-refractivity contribution in [3.63, 3.8) is 0 Å². The maximum atomic E-state index is 12.0. The van der Waals surface area contributed by atoms with Gasteiger partial charge in [-0.3, -0.25) is 0 Å². The zero-order chi connectivity index (χ0) is 18.5. The Hall–Kier alpha value is -2.80. The largest absolute Gasteiger partial charge is 0.495 e. The Balaban J connectivity index is 1.47. The van der Waals surface area contributed by atoms with Crippen molar-refractivity contribution in [2.24, 2.45) is 0 Å². The van der Waals surface area contributed by atoms with Gasteiger partial charge < -0.3 is 29.6 Å². The molecular weight excluding hydrogens is 360 g/mol. The normalized spacial score (nSPS) is 11.8. The van der Waals surface area contributed by atoms with E-state index in [0.29, 0.717) is 46.9 Å². The number of carbonyl (C=O) groups excluding carboxylic acids is 1. The number of carbonyl (C=O) groups is 1. The van der Waals surface area contributed by atoms with Crippen molar-refractivity contribution in [2.75, 3.05) is 32.4 Å². The third-order valence-corrected chi connectivity index (χ3v) is 4.14. The predicted molar refractivity (Wildman–Crippen MR) is 97.8 cm³/mol. The summed E-state index contributed by atoms with van der Waals surface area (Å²) >= 11 is 6.06. The van der Waals surface area contributed by atoms with Crippen LogP contribution in [0.2, 0.25) is 5.02 Å². The highest BCUT2D eigenvalue weighted by Gasteiger charge is 2.14. The van der Waals surface area contributed by atoms with Crippen molar-refractivity contribution >= 4 is 23.3 Å². The molecule has 138 valence electrons. The molecule has 0 saturated carbocycles. The molecule has 1 aliphatic rings. The number of hydrogen-bond donors (Lipinski definition) is 2. The van der Waals surface area contributed by atoms with Crippen molar-refractivity contribution in [3.8, 4) is 23.0 Å². The molecule has 0 fully saturated rings. The Kier molecular flexibility index (Phi) is 5.58. The van der Waals surface area contributed by atoms with E-state index in [1.165, 1.54) is 7.11 Å². The van der Waals surface area contributed by atoms with Crippen LogP contribution in [0.3, 0.4) is 0 Å². The Morgan fingerprint density at radius 2 is 2.04 bits per heavy atom. The van der Waals surface area contributed by atoms with Crippen LogP contribution in [0, 0.1) is 6.92 Å². The summed E-state index contributed by atoms with van der Waals surface area (Å²) in [5.74, 6) is 2.49. The average Bonchev–Trinajstić information content (AvgIpc) is 3.09. The van der Waals surface area contributed by atoms with Crippen LogP contribution in [-0.2, 0) is 0 Å². The van der Waals surface area contributed by atoms with Crippen LogP contribution in [0.1, 0.15) is 5.56 Å². The topological polar surface area (TPSA) is 78.1 Å². The summed E-state index contributed by atoms with van der Waals surface area (Å²) in [6.45, 7) is 2.71. The SMILES string of the molecule is COc1cc(Cl)c(C)cc1NC(=O)NCCOc1ccc2c(c1)OCO2. The summed E-state index contributed by atoms with van der Waals surface area (Å²) in [5.41, 5.74) is 1.39. The summed E-state index contributed by atoms with van der Waals surface area (Å²) < 4.78 is 21.3. The molecule has 0 bridgehead atoms. The Bertz CT molecular complexity index is 812. The van der Waals surface area contributed by atoms with Gasteiger partial charge in [0, 0.05) is 17.2 Å². The first kappa shape index (κ1) is 18.0. The molecule has 1 heterocycles. The van der Waals surface area contributed by atoms with Gasteiger partial charge >= 0.3 is 6.03 Å². The van der Waals surface area contributed by atoms with E-state index < -0.39 is 0 Å². The molecule has 7 nitrogen and oxygen atoms in total. The van der Waals surface area contributed by atoms with Crippen molar-refractivity contribution in [1.82, 2.24) is 5.32 Å².